The summed E-state index contributed by atoms with van der Waals surface area (Å²) in [5.74, 6) is -3.77. The van der Waals surface area contributed by atoms with Gasteiger partial charge in [0.05, 0.1) is 17.8 Å². The lowest BCUT2D eigenvalue weighted by Gasteiger charge is -2.19. The molecule has 130 valence electrons. The van der Waals surface area contributed by atoms with Crippen LogP contribution in [0.15, 0.2) is 23.3 Å². The summed E-state index contributed by atoms with van der Waals surface area (Å²) in [6, 6.07) is 2.81. The molecule has 0 aliphatic carbocycles. The number of rotatable bonds is 4. The van der Waals surface area contributed by atoms with E-state index in [2.05, 4.69) is 26.1 Å². The molecule has 2 aliphatic rings. The Morgan fingerprint density at radius 1 is 1.50 bits per heavy atom. The number of fused-ring (bicyclic) bond motifs is 1. The molecule has 0 spiro atoms. The number of amidine groups is 1. The molecule has 2 aliphatic heterocycles. The first-order valence-electron chi connectivity index (χ1n) is 7.66. The van der Waals surface area contributed by atoms with Gasteiger partial charge in [0.15, 0.2) is 5.82 Å². The van der Waals surface area contributed by atoms with Gasteiger partial charge in [0.25, 0.3) is 5.92 Å². The van der Waals surface area contributed by atoms with E-state index in [4.69, 9.17) is 0 Å². The number of carbonyl (C=O) groups is 1. The van der Waals surface area contributed by atoms with Gasteiger partial charge in [-0.3, -0.25) is 5.43 Å². The number of hydrogen-bond donors (Lipinski definition) is 3. The zero-order valence-electron chi connectivity index (χ0n) is 13.1. The van der Waals surface area contributed by atoms with Crippen molar-refractivity contribution in [3.05, 3.63) is 29.6 Å². The molecule has 0 aromatic heterocycles. The fraction of sp³-hybridized carbons (Fsp3) is 0.467. The van der Waals surface area contributed by atoms with Crippen LogP contribution in [0.4, 0.5) is 23.7 Å². The second-order valence-corrected chi connectivity index (χ2v) is 5.87. The standard InChI is InChI=1S/C15H18F3N5O/c1-15(17,18)9-4-2-5-10(13(9)16)20-14(24)19-8-12-22-21-11-6-3-7-23(11)12/h2,4-5,11,21H,3,6-8H2,1H3,(H2,19,20,24). The van der Waals surface area contributed by atoms with Crippen molar-refractivity contribution in [3.63, 3.8) is 0 Å². The maximum atomic E-state index is 14.1. The first-order chi connectivity index (χ1) is 11.4. The number of benzene rings is 1. The van der Waals surface area contributed by atoms with Gasteiger partial charge < -0.3 is 15.5 Å². The van der Waals surface area contributed by atoms with Gasteiger partial charge in [0.2, 0.25) is 0 Å². The normalized spacial score (nSPS) is 19.6. The first-order valence-corrected chi connectivity index (χ1v) is 7.66. The molecule has 1 fully saturated rings. The Balaban J connectivity index is 1.60. The quantitative estimate of drug-likeness (QED) is 0.788. The zero-order valence-corrected chi connectivity index (χ0v) is 13.1. The molecule has 1 aromatic rings. The van der Waals surface area contributed by atoms with Crippen LogP contribution in [-0.4, -0.2) is 36.0 Å². The molecule has 0 bridgehead atoms. The Kier molecular flexibility index (Phi) is 4.25. The number of urea groups is 1. The zero-order chi connectivity index (χ0) is 17.3. The summed E-state index contributed by atoms with van der Waals surface area (Å²) in [7, 11) is 0. The summed E-state index contributed by atoms with van der Waals surface area (Å²) < 4.78 is 40.7. The van der Waals surface area contributed by atoms with Crippen molar-refractivity contribution in [2.45, 2.75) is 31.9 Å². The van der Waals surface area contributed by atoms with Crippen molar-refractivity contribution < 1.29 is 18.0 Å². The minimum atomic E-state index is -3.33. The lowest BCUT2D eigenvalue weighted by atomic mass is 10.1. The van der Waals surface area contributed by atoms with Crippen molar-refractivity contribution in [3.8, 4) is 0 Å². The molecule has 2 heterocycles. The van der Waals surface area contributed by atoms with Crippen LogP contribution in [0.1, 0.15) is 25.3 Å². The van der Waals surface area contributed by atoms with Gasteiger partial charge in [0, 0.05) is 13.5 Å². The lowest BCUT2D eigenvalue weighted by molar-refractivity contribution is 0.0139. The van der Waals surface area contributed by atoms with Gasteiger partial charge >= 0.3 is 6.03 Å². The fourth-order valence-corrected chi connectivity index (χ4v) is 2.86. The molecule has 1 atom stereocenters. The third kappa shape index (κ3) is 3.24. The van der Waals surface area contributed by atoms with Crippen molar-refractivity contribution >= 4 is 17.6 Å². The number of carbonyl (C=O) groups excluding carboxylic acids is 1. The summed E-state index contributed by atoms with van der Waals surface area (Å²) in [5.41, 5.74) is 1.92. The van der Waals surface area contributed by atoms with Crippen LogP contribution >= 0.6 is 0 Å². The highest BCUT2D eigenvalue weighted by atomic mass is 19.3. The molecule has 9 heteroatoms. The molecule has 1 aromatic carbocycles. The number of anilines is 1. The highest BCUT2D eigenvalue weighted by molar-refractivity contribution is 5.94. The average molecular weight is 341 g/mol. The SMILES string of the molecule is CC(F)(F)c1cccc(NC(=O)NCC2=NNC3CCCN23)c1F. The average Bonchev–Trinajstić information content (AvgIpc) is 3.09. The van der Waals surface area contributed by atoms with Crippen molar-refractivity contribution in [2.24, 2.45) is 5.10 Å². The molecule has 2 amide bonds. The van der Waals surface area contributed by atoms with E-state index >= 15 is 0 Å². The molecular weight excluding hydrogens is 323 g/mol. The van der Waals surface area contributed by atoms with E-state index in [0.29, 0.717) is 12.8 Å². The highest BCUT2D eigenvalue weighted by Gasteiger charge is 2.32. The molecule has 6 nitrogen and oxygen atoms in total. The van der Waals surface area contributed by atoms with E-state index in [9.17, 15) is 18.0 Å². The van der Waals surface area contributed by atoms with Crippen LogP contribution in [0.2, 0.25) is 0 Å². The van der Waals surface area contributed by atoms with E-state index < -0.39 is 23.3 Å². The highest BCUT2D eigenvalue weighted by Crippen LogP contribution is 2.32. The number of hydrogen-bond acceptors (Lipinski definition) is 4. The van der Waals surface area contributed by atoms with Crippen LogP contribution in [0.25, 0.3) is 0 Å². The summed E-state index contributed by atoms with van der Waals surface area (Å²) in [6.45, 7) is 1.63. The molecule has 3 rings (SSSR count). The van der Waals surface area contributed by atoms with E-state index in [0.717, 1.165) is 25.5 Å². The van der Waals surface area contributed by atoms with E-state index in [1.165, 1.54) is 12.1 Å². The molecule has 24 heavy (non-hydrogen) atoms. The first kappa shape index (κ1) is 16.4. The van der Waals surface area contributed by atoms with E-state index in [-0.39, 0.29) is 18.4 Å². The lowest BCUT2D eigenvalue weighted by Crippen LogP contribution is -2.41. The van der Waals surface area contributed by atoms with Gasteiger partial charge in [0.1, 0.15) is 12.0 Å². The van der Waals surface area contributed by atoms with Gasteiger partial charge in [-0.1, -0.05) is 6.07 Å². The van der Waals surface area contributed by atoms with Gasteiger partial charge in [-0.25, -0.2) is 18.0 Å². The Labute approximate surface area is 137 Å². The van der Waals surface area contributed by atoms with Crippen molar-refractivity contribution in [2.75, 3.05) is 18.4 Å². The summed E-state index contributed by atoms with van der Waals surface area (Å²) >= 11 is 0. The number of nitrogens with zero attached hydrogens (tertiary/aromatic N) is 2. The summed E-state index contributed by atoms with van der Waals surface area (Å²) in [4.78, 5) is 14.0. The second kappa shape index (κ2) is 6.21. The van der Waals surface area contributed by atoms with E-state index in [1.807, 2.05) is 0 Å². The van der Waals surface area contributed by atoms with Crippen LogP contribution < -0.4 is 16.1 Å². The molecular formula is C15H18F3N5O. The predicted molar refractivity (Wildman–Crippen MR) is 83.3 cm³/mol. The van der Waals surface area contributed by atoms with Crippen LogP contribution in [0.3, 0.4) is 0 Å². The van der Waals surface area contributed by atoms with Gasteiger partial charge in [-0.15, -0.1) is 0 Å². The topological polar surface area (TPSA) is 68.8 Å². The molecule has 1 saturated heterocycles. The van der Waals surface area contributed by atoms with Crippen LogP contribution in [0, 0.1) is 5.82 Å². The third-order valence-corrected chi connectivity index (χ3v) is 4.05. The molecule has 0 radical (unpaired) electrons. The minimum Gasteiger partial charge on any atom is -0.336 e. The Morgan fingerprint density at radius 3 is 3.04 bits per heavy atom. The van der Waals surface area contributed by atoms with Crippen molar-refractivity contribution in [1.29, 1.82) is 0 Å². The number of alkyl halides is 2. The fourth-order valence-electron chi connectivity index (χ4n) is 2.86. The minimum absolute atomic E-state index is 0.167. The molecule has 1 unspecified atom stereocenters. The largest absolute Gasteiger partial charge is 0.336 e. The number of nitrogens with one attached hydrogen (secondary N) is 3. The number of amides is 2. The van der Waals surface area contributed by atoms with Crippen LogP contribution in [-0.2, 0) is 5.92 Å². The smallest absolute Gasteiger partial charge is 0.319 e. The predicted octanol–water partition coefficient (Wildman–Crippen LogP) is 2.40. The van der Waals surface area contributed by atoms with E-state index in [1.54, 1.807) is 0 Å². The van der Waals surface area contributed by atoms with Gasteiger partial charge in [-0.05, 0) is 25.0 Å². The van der Waals surface area contributed by atoms with Crippen LogP contribution in [0.5, 0.6) is 0 Å². The second-order valence-electron chi connectivity index (χ2n) is 5.87. The Morgan fingerprint density at radius 2 is 2.29 bits per heavy atom. The summed E-state index contributed by atoms with van der Waals surface area (Å²) in [6.07, 6.45) is 2.21. The Hall–Kier alpha value is -2.45. The molecule has 3 N–H and O–H groups in total. The maximum Gasteiger partial charge on any atom is 0.319 e. The maximum absolute atomic E-state index is 14.1. The third-order valence-electron chi connectivity index (χ3n) is 4.05. The summed E-state index contributed by atoms with van der Waals surface area (Å²) in [5, 5.41) is 8.95. The van der Waals surface area contributed by atoms with Gasteiger partial charge in [-0.2, -0.15) is 5.10 Å². The van der Waals surface area contributed by atoms with Crippen molar-refractivity contribution in [1.82, 2.24) is 15.6 Å². The monoisotopic (exact) mass is 341 g/mol. The number of halogens is 3. The molecule has 0 saturated carbocycles. The number of hydrazone groups is 1. The Bertz CT molecular complexity index is 674.